The average Bonchev–Trinajstić information content (AvgIpc) is 4.19. The number of hydrogen-bond acceptors (Lipinski definition) is 18. The molecule has 2 N–H and O–H groups in total. The van der Waals surface area contributed by atoms with Crippen molar-refractivity contribution in [1.82, 2.24) is 59.5 Å². The molecule has 4 saturated heterocycles. The highest BCUT2D eigenvalue weighted by atomic mass is 16.5. The Morgan fingerprint density at radius 3 is 0.961 bits per heavy atom. The van der Waals surface area contributed by atoms with Gasteiger partial charge in [0.25, 0.3) is 0 Å². The largest absolute Gasteiger partial charge is 0.492 e. The lowest BCUT2D eigenvalue weighted by atomic mass is 10.1. The minimum Gasteiger partial charge on any atom is -0.492 e. The number of nitrogens with one attached hydrogen (secondary N) is 2. The van der Waals surface area contributed by atoms with Gasteiger partial charge in [-0.15, -0.1) is 0 Å². The number of ether oxygens (including phenoxy) is 8. The van der Waals surface area contributed by atoms with Gasteiger partial charge in [-0.1, -0.05) is 0 Å². The van der Waals surface area contributed by atoms with Crippen molar-refractivity contribution in [2.75, 3.05) is 158 Å². The van der Waals surface area contributed by atoms with E-state index in [1.165, 1.54) is 0 Å². The van der Waals surface area contributed by atoms with Crippen molar-refractivity contribution in [3.8, 4) is 68.5 Å². The van der Waals surface area contributed by atoms with Gasteiger partial charge in [-0.25, -0.2) is 29.9 Å². The van der Waals surface area contributed by atoms with E-state index in [9.17, 15) is 0 Å². The third-order valence-corrected chi connectivity index (χ3v) is 14.8. The fraction of sp³-hybridized carbons (Fsp3) is 0.429. The van der Waals surface area contributed by atoms with Gasteiger partial charge in [0, 0.05) is 122 Å². The lowest BCUT2D eigenvalue weighted by molar-refractivity contribution is 0.0322. The maximum absolute atomic E-state index is 6.42. The van der Waals surface area contributed by atoms with E-state index < -0.39 is 0 Å². The van der Waals surface area contributed by atoms with Crippen molar-refractivity contribution in [3.05, 3.63) is 72.8 Å². The molecule has 394 valence electrons. The molecule has 4 fully saturated rings. The van der Waals surface area contributed by atoms with Crippen LogP contribution < -0.4 is 18.9 Å². The molecule has 6 aliphatic heterocycles. The number of benzene rings is 4. The van der Waals surface area contributed by atoms with Gasteiger partial charge in [-0.05, 0) is 72.8 Å². The van der Waals surface area contributed by atoms with Gasteiger partial charge < -0.3 is 47.9 Å². The summed E-state index contributed by atoms with van der Waals surface area (Å²) in [5.41, 5.74) is 5.50. The van der Waals surface area contributed by atoms with Crippen LogP contribution in [0.15, 0.2) is 72.8 Å². The summed E-state index contributed by atoms with van der Waals surface area (Å²) in [6, 6.07) is 24.1. The average molecular weight is 1030 g/mol. The molecule has 7 aromatic rings. The molecule has 3 aromatic heterocycles. The first-order chi connectivity index (χ1) is 37.6. The van der Waals surface area contributed by atoms with Crippen molar-refractivity contribution in [3.63, 3.8) is 0 Å². The van der Waals surface area contributed by atoms with Gasteiger partial charge >= 0.3 is 0 Å². The molecule has 76 heavy (non-hydrogen) atoms. The molecule has 0 spiro atoms. The molecule has 0 unspecified atom stereocenters. The van der Waals surface area contributed by atoms with Crippen molar-refractivity contribution in [2.45, 2.75) is 0 Å². The van der Waals surface area contributed by atoms with Gasteiger partial charge in [0.05, 0.1) is 52.9 Å². The maximum Gasteiger partial charge on any atom is 0.164 e. The molecule has 6 aliphatic rings. The van der Waals surface area contributed by atoms with Crippen molar-refractivity contribution >= 4 is 44.1 Å². The fourth-order valence-corrected chi connectivity index (χ4v) is 10.5. The minimum absolute atomic E-state index is 0.480. The van der Waals surface area contributed by atoms with E-state index >= 15 is 0 Å². The lowest BCUT2D eigenvalue weighted by Gasteiger charge is -2.26. The first kappa shape index (κ1) is 48.7. The molecule has 20 heteroatoms. The van der Waals surface area contributed by atoms with Crippen molar-refractivity contribution < 1.29 is 37.9 Å². The summed E-state index contributed by atoms with van der Waals surface area (Å²) in [6.07, 6.45) is 0. The van der Waals surface area contributed by atoms with Crippen LogP contribution in [0.5, 0.6) is 23.0 Å². The van der Waals surface area contributed by atoms with Crippen LogP contribution in [0.1, 0.15) is 0 Å². The van der Waals surface area contributed by atoms with Crippen LogP contribution in [0, 0.1) is 0 Å². The second-order valence-electron chi connectivity index (χ2n) is 19.6. The van der Waals surface area contributed by atoms with Crippen LogP contribution in [0.25, 0.3) is 89.7 Å². The predicted molar refractivity (Wildman–Crippen MR) is 287 cm³/mol. The van der Waals surface area contributed by atoms with Crippen LogP contribution in [0.2, 0.25) is 0 Å². The summed E-state index contributed by atoms with van der Waals surface area (Å²) in [6.45, 7) is 18.3. The van der Waals surface area contributed by atoms with Gasteiger partial charge in [-0.3, -0.25) is 19.6 Å². The molecule has 0 aliphatic carbocycles. The van der Waals surface area contributed by atoms with Crippen LogP contribution >= 0.6 is 0 Å². The summed E-state index contributed by atoms with van der Waals surface area (Å²) in [7, 11) is 0. The number of morpholine rings is 4. The van der Waals surface area contributed by atoms with Crippen LogP contribution in [-0.4, -0.2) is 217 Å². The Morgan fingerprint density at radius 2 is 0.618 bits per heavy atom. The van der Waals surface area contributed by atoms with Crippen molar-refractivity contribution in [2.24, 2.45) is 0 Å². The highest BCUT2D eigenvalue weighted by Gasteiger charge is 2.25. The molecule has 0 radical (unpaired) electrons. The topological polar surface area (TPSA) is 196 Å². The molecule has 0 atom stereocenters. The smallest absolute Gasteiger partial charge is 0.164 e. The van der Waals surface area contributed by atoms with E-state index in [0.717, 1.165) is 187 Å². The van der Waals surface area contributed by atoms with E-state index in [1.54, 1.807) is 0 Å². The molecule has 0 amide bonds. The molecule has 13 rings (SSSR count). The number of fused-ring (bicyclic) bond motifs is 20. The first-order valence-corrected chi connectivity index (χ1v) is 26.7. The highest BCUT2D eigenvalue weighted by Crippen LogP contribution is 2.40. The molecule has 8 bridgehead atoms. The van der Waals surface area contributed by atoms with E-state index in [-0.39, 0.29) is 0 Å². The normalized spacial score (nSPS) is 17.7. The Kier molecular flexibility index (Phi) is 14.3. The second-order valence-corrected chi connectivity index (χ2v) is 19.6. The zero-order valence-electron chi connectivity index (χ0n) is 42.6. The van der Waals surface area contributed by atoms with E-state index in [1.807, 2.05) is 72.8 Å². The molecule has 0 saturated carbocycles. The predicted octanol–water partition coefficient (Wildman–Crippen LogP) is 5.71. The lowest BCUT2D eigenvalue weighted by Crippen LogP contribution is -2.38. The van der Waals surface area contributed by atoms with Gasteiger partial charge in [0.1, 0.15) is 72.0 Å². The summed E-state index contributed by atoms with van der Waals surface area (Å²) < 4.78 is 48.0. The van der Waals surface area contributed by atoms with Gasteiger partial charge in [0.15, 0.2) is 23.3 Å². The number of rotatable bonds is 16. The molecule has 4 aromatic carbocycles. The summed E-state index contributed by atoms with van der Waals surface area (Å²) in [5.74, 6) is 4.82. The Hall–Kier alpha value is -6.88. The Bertz CT molecular complexity index is 3160. The molecular weight excluding hydrogens is 969 g/mol. The third kappa shape index (κ3) is 10.8. The Labute approximate surface area is 439 Å². The van der Waals surface area contributed by atoms with Crippen molar-refractivity contribution in [1.29, 1.82) is 0 Å². The van der Waals surface area contributed by atoms with Gasteiger partial charge in [0.2, 0.25) is 0 Å². The highest BCUT2D eigenvalue weighted by molar-refractivity contribution is 6.07. The number of aromatic nitrogens is 8. The fourth-order valence-electron chi connectivity index (χ4n) is 10.5. The monoisotopic (exact) mass is 1030 g/mol. The molecule has 20 nitrogen and oxygen atoms in total. The Morgan fingerprint density at radius 1 is 0.329 bits per heavy atom. The number of nitrogens with zero attached hydrogens (tertiary/aromatic N) is 10. The summed E-state index contributed by atoms with van der Waals surface area (Å²) in [4.78, 5) is 48.3. The maximum atomic E-state index is 6.42. The number of aromatic amines is 2. The number of H-pyrrole nitrogens is 2. The summed E-state index contributed by atoms with van der Waals surface area (Å²) in [5, 5.41) is 3.32. The van der Waals surface area contributed by atoms with Crippen LogP contribution in [-0.2, 0) is 18.9 Å². The van der Waals surface area contributed by atoms with Crippen LogP contribution in [0.4, 0.5) is 0 Å². The number of hydrogen-bond donors (Lipinski definition) is 2. The molecular formula is C56H62N12O8. The zero-order valence-corrected chi connectivity index (χ0v) is 42.6. The molecule has 9 heterocycles. The van der Waals surface area contributed by atoms with E-state index in [2.05, 4.69) is 29.6 Å². The second kappa shape index (κ2) is 22.4. The Balaban J connectivity index is 0.948. The zero-order chi connectivity index (χ0) is 50.6. The van der Waals surface area contributed by atoms with Gasteiger partial charge in [-0.2, -0.15) is 0 Å². The van der Waals surface area contributed by atoms with Crippen LogP contribution in [0.3, 0.4) is 0 Å². The first-order valence-electron chi connectivity index (χ1n) is 26.7. The SMILES string of the molecule is c1cc2c(cc1OCCN1CCOCC1)-c1nc-2nc2[nH]c(nc3nc(nc4[nH]c(n1)c1ccc(OCCN5CCOCC5)cc41)-c1ccc(OCCN4CCOCC4)cc1-3)c1ccc(OCCN3CCOCC3)cc21. The van der Waals surface area contributed by atoms with E-state index in [4.69, 9.17) is 67.8 Å². The van der Waals surface area contributed by atoms with E-state index in [0.29, 0.717) is 83.8 Å². The quantitative estimate of drug-likeness (QED) is 0.119. The standard InChI is InChI=1S/C56H62N12O8/c1-5-41-45(33-37(1)73-29-17-65-9-21-69-22-10-65)53-57-49(41)61-54-46-34-38(74-30-18-66-11-23-70-24-12-66)2-6-42(46)51(58-54)63-56-48-36-40(76-32-20-68-15-27-72-28-16-68)4-8-44(48)52(60-56)64-55-47-35-39(3-7-43(47)50(59-55)62-53)75-31-19-67-13-25-71-26-14-67/h1-8,33-36H,9-32H2,(H2,57,58,59,60,61,62,63,64). The summed E-state index contributed by atoms with van der Waals surface area (Å²) >= 11 is 0. The third-order valence-electron chi connectivity index (χ3n) is 14.8. The minimum atomic E-state index is 0.480.